The third-order valence-corrected chi connectivity index (χ3v) is 4.51. The lowest BCUT2D eigenvalue weighted by atomic mass is 10.1. The molecule has 0 spiro atoms. The Morgan fingerprint density at radius 1 is 1.29 bits per heavy atom. The zero-order chi connectivity index (χ0) is 15.0. The number of aromatic nitrogens is 1. The maximum absolute atomic E-state index is 4.92. The van der Waals surface area contributed by atoms with Gasteiger partial charge in [0.15, 0.2) is 4.80 Å². The van der Waals surface area contributed by atoms with Gasteiger partial charge in [-0.25, -0.2) is 0 Å². The van der Waals surface area contributed by atoms with E-state index in [0.717, 1.165) is 29.7 Å². The predicted octanol–water partition coefficient (Wildman–Crippen LogP) is 2.70. The number of hydrogen-bond donors (Lipinski definition) is 1. The first-order chi connectivity index (χ1) is 9.98. The summed E-state index contributed by atoms with van der Waals surface area (Å²) >= 11 is 1.75. The standard InChI is InChI=1S/C16H22N4S/c1-16(2,3)19-15-20-9-5-8-18-14(20)12-7-6-11(17-4)10-13(12)21-15/h6-7,10,18H,5,8-9H2,1-4H3. The van der Waals surface area contributed by atoms with Gasteiger partial charge in [-0.3, -0.25) is 9.98 Å². The summed E-state index contributed by atoms with van der Waals surface area (Å²) in [6.07, 6.45) is 1.14. The molecule has 3 aliphatic rings. The van der Waals surface area contributed by atoms with Crippen molar-refractivity contribution in [2.75, 3.05) is 18.9 Å². The SMILES string of the molecule is CN=c1ccc2c3n(c(=NC(C)(C)C)sc-2c1)CCCN3. The van der Waals surface area contributed by atoms with Gasteiger partial charge in [0.05, 0.1) is 10.9 Å². The van der Waals surface area contributed by atoms with Crippen molar-refractivity contribution in [3.8, 4) is 10.4 Å². The van der Waals surface area contributed by atoms with Gasteiger partial charge in [-0.1, -0.05) is 11.3 Å². The van der Waals surface area contributed by atoms with Gasteiger partial charge in [0.2, 0.25) is 0 Å². The lowest BCUT2D eigenvalue weighted by molar-refractivity contribution is 0.537. The fourth-order valence-electron chi connectivity index (χ4n) is 2.54. The van der Waals surface area contributed by atoms with Crippen molar-refractivity contribution >= 4 is 17.2 Å². The van der Waals surface area contributed by atoms with E-state index >= 15 is 0 Å². The largest absolute Gasteiger partial charge is 0.371 e. The minimum Gasteiger partial charge on any atom is -0.371 e. The molecule has 0 atom stereocenters. The van der Waals surface area contributed by atoms with Crippen LogP contribution in [0.5, 0.6) is 0 Å². The summed E-state index contributed by atoms with van der Waals surface area (Å²) in [6.45, 7) is 8.49. The molecule has 0 fully saturated rings. The highest BCUT2D eigenvalue weighted by Gasteiger charge is 2.18. The normalized spacial score (nSPS) is 17.0. The van der Waals surface area contributed by atoms with Crippen LogP contribution in [0, 0.1) is 0 Å². The third kappa shape index (κ3) is 2.88. The monoisotopic (exact) mass is 302 g/mol. The molecular weight excluding hydrogens is 280 g/mol. The van der Waals surface area contributed by atoms with Gasteiger partial charge in [0.1, 0.15) is 5.82 Å². The van der Waals surface area contributed by atoms with Crippen LogP contribution >= 0.6 is 11.3 Å². The van der Waals surface area contributed by atoms with E-state index in [2.05, 4.69) is 53.8 Å². The molecule has 0 saturated carbocycles. The van der Waals surface area contributed by atoms with E-state index in [4.69, 9.17) is 4.99 Å². The molecule has 0 unspecified atom stereocenters. The lowest BCUT2D eigenvalue weighted by Gasteiger charge is -2.25. The minimum absolute atomic E-state index is 0.0743. The van der Waals surface area contributed by atoms with Crippen LogP contribution in [-0.4, -0.2) is 23.7 Å². The highest BCUT2D eigenvalue weighted by atomic mass is 32.1. The van der Waals surface area contributed by atoms with Gasteiger partial charge in [-0.05, 0) is 45.4 Å². The van der Waals surface area contributed by atoms with Gasteiger partial charge >= 0.3 is 0 Å². The molecule has 4 nitrogen and oxygen atoms in total. The van der Waals surface area contributed by atoms with Crippen molar-refractivity contribution in [2.45, 2.75) is 39.3 Å². The van der Waals surface area contributed by atoms with Crippen LogP contribution in [0.1, 0.15) is 27.2 Å². The first kappa shape index (κ1) is 14.3. The smallest absolute Gasteiger partial charge is 0.187 e. The molecule has 21 heavy (non-hydrogen) atoms. The van der Waals surface area contributed by atoms with E-state index in [1.54, 1.807) is 11.3 Å². The molecule has 1 aliphatic carbocycles. The van der Waals surface area contributed by atoms with Crippen molar-refractivity contribution in [2.24, 2.45) is 9.98 Å². The molecule has 0 amide bonds. The molecule has 5 heteroatoms. The Bertz CT molecular complexity index is 761. The van der Waals surface area contributed by atoms with Crippen molar-refractivity contribution < 1.29 is 0 Å². The molecule has 0 radical (unpaired) electrons. The van der Waals surface area contributed by atoms with E-state index in [9.17, 15) is 0 Å². The van der Waals surface area contributed by atoms with Crippen LogP contribution in [0.2, 0.25) is 0 Å². The number of nitrogens with one attached hydrogen (secondary N) is 1. The summed E-state index contributed by atoms with van der Waals surface area (Å²) in [4.78, 5) is 11.5. The third-order valence-electron chi connectivity index (χ3n) is 3.46. The van der Waals surface area contributed by atoms with Crippen LogP contribution in [0.25, 0.3) is 10.4 Å². The summed E-state index contributed by atoms with van der Waals surface area (Å²) in [5, 5.41) is 4.56. The summed E-state index contributed by atoms with van der Waals surface area (Å²) < 4.78 is 2.32. The fraction of sp³-hybridized carbons (Fsp3) is 0.500. The average molecular weight is 302 g/mol. The number of rotatable bonds is 0. The number of hydrogen-bond acceptors (Lipinski definition) is 4. The van der Waals surface area contributed by atoms with Crippen molar-refractivity contribution in [1.29, 1.82) is 0 Å². The van der Waals surface area contributed by atoms with E-state index in [-0.39, 0.29) is 5.54 Å². The highest BCUT2D eigenvalue weighted by Crippen LogP contribution is 2.31. The maximum atomic E-state index is 4.92. The zero-order valence-corrected chi connectivity index (χ0v) is 13.9. The highest BCUT2D eigenvalue weighted by molar-refractivity contribution is 7.12. The number of fused-ring (bicyclic) bond motifs is 3. The van der Waals surface area contributed by atoms with Crippen LogP contribution < -0.4 is 15.5 Å². The number of nitrogens with zero attached hydrogens (tertiary/aromatic N) is 3. The molecule has 0 aromatic carbocycles. The lowest BCUT2D eigenvalue weighted by Crippen LogP contribution is -2.31. The first-order valence-corrected chi connectivity index (χ1v) is 8.20. The molecule has 112 valence electrons. The van der Waals surface area contributed by atoms with Crippen LogP contribution in [0.15, 0.2) is 28.2 Å². The Hall–Kier alpha value is -1.62. The zero-order valence-electron chi connectivity index (χ0n) is 13.1. The number of benzene rings is 1. The average Bonchev–Trinajstić information content (AvgIpc) is 2.45. The van der Waals surface area contributed by atoms with Crippen LogP contribution in [-0.2, 0) is 6.54 Å². The molecule has 0 aromatic rings. The molecular formula is C16H22N4S. The van der Waals surface area contributed by atoms with Gasteiger partial charge in [0.25, 0.3) is 0 Å². The Labute approximate surface area is 129 Å². The molecule has 2 heterocycles. The topological polar surface area (TPSA) is 41.7 Å². The molecule has 2 aliphatic heterocycles. The molecule has 0 bridgehead atoms. The van der Waals surface area contributed by atoms with Crippen molar-refractivity contribution in [3.63, 3.8) is 0 Å². The van der Waals surface area contributed by atoms with Crippen molar-refractivity contribution in [1.82, 2.24) is 4.57 Å². The van der Waals surface area contributed by atoms with Crippen molar-refractivity contribution in [3.05, 3.63) is 28.4 Å². The Morgan fingerprint density at radius 3 is 2.81 bits per heavy atom. The second-order valence-corrected chi connectivity index (χ2v) is 7.36. The summed E-state index contributed by atoms with van der Waals surface area (Å²) in [7, 11) is 1.83. The Kier molecular flexibility index (Phi) is 3.61. The Morgan fingerprint density at radius 2 is 2.10 bits per heavy atom. The van der Waals surface area contributed by atoms with Gasteiger partial charge < -0.3 is 9.88 Å². The maximum Gasteiger partial charge on any atom is 0.187 e. The first-order valence-electron chi connectivity index (χ1n) is 7.38. The van der Waals surface area contributed by atoms with E-state index in [1.165, 1.54) is 16.3 Å². The van der Waals surface area contributed by atoms with Gasteiger partial charge in [0, 0.05) is 30.6 Å². The molecule has 3 rings (SSSR count). The van der Waals surface area contributed by atoms with Gasteiger partial charge in [-0.15, -0.1) is 0 Å². The summed E-state index contributed by atoms with van der Waals surface area (Å²) in [5.74, 6) is 1.20. The quantitative estimate of drug-likeness (QED) is 0.799. The fourth-order valence-corrected chi connectivity index (χ4v) is 3.80. The second-order valence-electron chi connectivity index (χ2n) is 6.35. The van der Waals surface area contributed by atoms with E-state index < -0.39 is 0 Å². The summed E-state index contributed by atoms with van der Waals surface area (Å²) in [5.41, 5.74) is 1.19. The van der Waals surface area contributed by atoms with Gasteiger partial charge in [-0.2, -0.15) is 0 Å². The summed E-state index contributed by atoms with van der Waals surface area (Å²) in [6, 6.07) is 6.39. The predicted molar refractivity (Wildman–Crippen MR) is 88.8 cm³/mol. The minimum atomic E-state index is -0.0743. The van der Waals surface area contributed by atoms with E-state index in [1.807, 2.05) is 7.05 Å². The number of anilines is 1. The molecule has 0 saturated heterocycles. The van der Waals surface area contributed by atoms with E-state index in [0.29, 0.717) is 0 Å². The second kappa shape index (κ2) is 5.30. The van der Waals surface area contributed by atoms with Crippen LogP contribution in [0.4, 0.5) is 5.82 Å². The molecule has 1 N–H and O–H groups in total. The van der Waals surface area contributed by atoms with Crippen LogP contribution in [0.3, 0.4) is 0 Å². The Balaban J connectivity index is 2.38. The molecule has 0 aromatic heterocycles.